The van der Waals surface area contributed by atoms with E-state index in [0.29, 0.717) is 5.56 Å². The minimum atomic E-state index is -1.03. The number of phenols is 1. The number of allylic oxidation sites excluding steroid dienone is 1. The molecule has 0 bridgehead atoms. The first kappa shape index (κ1) is 22.2. The number of ether oxygens (including phenoxy) is 3. The van der Waals surface area contributed by atoms with Crippen LogP contribution < -0.4 is 10.5 Å². The smallest absolute Gasteiger partial charge is 0.338 e. The summed E-state index contributed by atoms with van der Waals surface area (Å²) in [7, 11) is 1.36. The van der Waals surface area contributed by atoms with E-state index in [-0.39, 0.29) is 52.1 Å². The molecule has 164 valence electrons. The molecule has 0 amide bonds. The van der Waals surface area contributed by atoms with E-state index in [2.05, 4.69) is 0 Å². The third-order valence-electron chi connectivity index (χ3n) is 4.77. The van der Waals surface area contributed by atoms with Crippen LogP contribution in [0.1, 0.15) is 24.0 Å². The zero-order valence-electron chi connectivity index (χ0n) is 17.2. The van der Waals surface area contributed by atoms with Crippen molar-refractivity contribution in [3.05, 3.63) is 80.7 Å². The Labute approximate surface area is 182 Å². The molecule has 10 nitrogen and oxygen atoms in total. The molecule has 0 saturated carbocycles. The number of nitrogens with two attached hydrogens (primary N) is 1. The van der Waals surface area contributed by atoms with Gasteiger partial charge in [0.1, 0.15) is 17.4 Å². The van der Waals surface area contributed by atoms with Crippen molar-refractivity contribution in [1.82, 2.24) is 0 Å². The molecule has 3 N–H and O–H groups in total. The fraction of sp³-hybridized carbons (Fsp3) is 0.182. The molecule has 1 aliphatic rings. The molecule has 0 saturated heterocycles. The number of nitrogens with zero attached hydrogens (tertiary/aromatic N) is 2. The van der Waals surface area contributed by atoms with E-state index in [1.54, 1.807) is 6.92 Å². The summed E-state index contributed by atoms with van der Waals surface area (Å²) in [6.07, 6.45) is 0. The van der Waals surface area contributed by atoms with Crippen LogP contribution in [0.25, 0.3) is 5.76 Å². The maximum atomic E-state index is 13.0. The number of nitriles is 1. The normalized spacial score (nSPS) is 15.6. The number of hydrogen-bond donors (Lipinski definition) is 2. The fourth-order valence-electron chi connectivity index (χ4n) is 3.36. The maximum absolute atomic E-state index is 13.0. The van der Waals surface area contributed by atoms with Crippen molar-refractivity contribution >= 4 is 17.4 Å². The highest BCUT2D eigenvalue weighted by molar-refractivity contribution is 6.00. The van der Waals surface area contributed by atoms with E-state index < -0.39 is 16.8 Å². The van der Waals surface area contributed by atoms with Crippen LogP contribution >= 0.6 is 0 Å². The number of carbonyl (C=O) groups is 1. The van der Waals surface area contributed by atoms with E-state index in [0.717, 1.165) is 0 Å². The van der Waals surface area contributed by atoms with Gasteiger partial charge in [0.2, 0.25) is 5.88 Å². The Morgan fingerprint density at radius 2 is 2.09 bits per heavy atom. The van der Waals surface area contributed by atoms with E-state index in [9.17, 15) is 25.3 Å². The Morgan fingerprint density at radius 1 is 1.34 bits per heavy atom. The summed E-state index contributed by atoms with van der Waals surface area (Å²) < 4.78 is 16.0. The van der Waals surface area contributed by atoms with Gasteiger partial charge in [-0.1, -0.05) is 18.2 Å². The second-order valence-electron chi connectivity index (χ2n) is 6.63. The summed E-state index contributed by atoms with van der Waals surface area (Å²) >= 11 is 0. The minimum Gasteiger partial charge on any atom is -0.504 e. The number of hydrogen-bond acceptors (Lipinski definition) is 9. The van der Waals surface area contributed by atoms with Gasteiger partial charge in [-0.15, -0.1) is 0 Å². The lowest BCUT2D eigenvalue weighted by atomic mass is 9.82. The van der Waals surface area contributed by atoms with Crippen molar-refractivity contribution in [1.29, 1.82) is 5.26 Å². The van der Waals surface area contributed by atoms with Gasteiger partial charge in [-0.2, -0.15) is 5.26 Å². The van der Waals surface area contributed by atoms with Gasteiger partial charge in [-0.3, -0.25) is 10.1 Å². The molecule has 1 unspecified atom stereocenters. The van der Waals surface area contributed by atoms with E-state index in [1.165, 1.54) is 49.6 Å². The summed E-state index contributed by atoms with van der Waals surface area (Å²) in [5.74, 6) is -2.17. The molecule has 0 aromatic heterocycles. The van der Waals surface area contributed by atoms with E-state index in [4.69, 9.17) is 19.9 Å². The number of carbonyl (C=O) groups excluding carboxylic acids is 1. The number of aromatic hydroxyl groups is 1. The number of nitro benzene ring substituents is 1. The van der Waals surface area contributed by atoms with Gasteiger partial charge in [0.15, 0.2) is 11.5 Å². The van der Waals surface area contributed by atoms with Crippen molar-refractivity contribution in [3.63, 3.8) is 0 Å². The zero-order chi connectivity index (χ0) is 23.4. The Kier molecular flexibility index (Phi) is 6.30. The molecule has 0 fully saturated rings. The molecular formula is C22H19N3O7. The van der Waals surface area contributed by atoms with Crippen molar-refractivity contribution in [2.45, 2.75) is 12.8 Å². The molecule has 3 rings (SSSR count). The van der Waals surface area contributed by atoms with Crippen molar-refractivity contribution < 1.29 is 29.0 Å². The molecule has 32 heavy (non-hydrogen) atoms. The number of rotatable bonds is 6. The molecule has 1 heterocycles. The fourth-order valence-corrected chi connectivity index (χ4v) is 3.36. The lowest BCUT2D eigenvalue weighted by Crippen LogP contribution is -2.26. The number of esters is 1. The number of non-ortho nitro benzene ring substituents is 1. The Hall–Kier alpha value is -4.52. The minimum absolute atomic E-state index is 0.0389. The molecule has 0 radical (unpaired) electrons. The molecule has 2 aromatic rings. The van der Waals surface area contributed by atoms with Crippen LogP contribution in [-0.4, -0.2) is 29.7 Å². The van der Waals surface area contributed by atoms with Gasteiger partial charge in [0, 0.05) is 17.7 Å². The first-order valence-electron chi connectivity index (χ1n) is 9.42. The first-order chi connectivity index (χ1) is 15.3. The quantitative estimate of drug-likeness (QED) is 0.393. The van der Waals surface area contributed by atoms with E-state index >= 15 is 0 Å². The van der Waals surface area contributed by atoms with Crippen LogP contribution in [0.4, 0.5) is 5.69 Å². The van der Waals surface area contributed by atoms with Crippen LogP contribution in [0.5, 0.6) is 11.5 Å². The number of benzene rings is 2. The van der Waals surface area contributed by atoms with E-state index in [1.807, 2.05) is 6.07 Å². The predicted molar refractivity (Wildman–Crippen MR) is 112 cm³/mol. The van der Waals surface area contributed by atoms with Crippen LogP contribution in [0.15, 0.2) is 59.5 Å². The highest BCUT2D eigenvalue weighted by Crippen LogP contribution is 2.44. The van der Waals surface area contributed by atoms with Crippen LogP contribution in [0.3, 0.4) is 0 Å². The van der Waals surface area contributed by atoms with Crippen LogP contribution in [-0.2, 0) is 14.3 Å². The standard InChI is InChI=1S/C22H19N3O7/c1-3-31-22(27)19-18(12-7-8-16(26)17(10-12)30-2)15(11-23)21(24)32-20(19)13-5-4-6-14(9-13)25(28)29/h4-10,18,26H,3,24H2,1-2H3. The molecule has 0 spiro atoms. The van der Waals surface area contributed by atoms with Gasteiger partial charge in [0.05, 0.1) is 30.1 Å². The second-order valence-corrected chi connectivity index (χ2v) is 6.63. The van der Waals surface area contributed by atoms with Crippen LogP contribution in [0, 0.1) is 21.4 Å². The molecule has 2 aromatic carbocycles. The third-order valence-corrected chi connectivity index (χ3v) is 4.77. The summed E-state index contributed by atoms with van der Waals surface area (Å²) in [6.45, 7) is 1.65. The van der Waals surface area contributed by atoms with Gasteiger partial charge in [-0.25, -0.2) is 4.79 Å². The Balaban J connectivity index is 2.32. The summed E-state index contributed by atoms with van der Waals surface area (Å²) in [5, 5.41) is 31.0. The number of methoxy groups -OCH3 is 1. The summed E-state index contributed by atoms with van der Waals surface area (Å²) in [4.78, 5) is 23.7. The Bertz CT molecular complexity index is 1190. The summed E-state index contributed by atoms with van der Waals surface area (Å²) in [6, 6.07) is 11.7. The molecular weight excluding hydrogens is 418 g/mol. The topological polar surface area (TPSA) is 158 Å². The van der Waals surface area contributed by atoms with Gasteiger partial charge in [-0.05, 0) is 24.6 Å². The molecule has 1 aliphatic heterocycles. The van der Waals surface area contributed by atoms with Crippen molar-refractivity contribution in [3.8, 4) is 17.6 Å². The van der Waals surface area contributed by atoms with Gasteiger partial charge < -0.3 is 25.1 Å². The second kappa shape index (κ2) is 9.09. The monoisotopic (exact) mass is 437 g/mol. The van der Waals surface area contributed by atoms with Gasteiger partial charge >= 0.3 is 5.97 Å². The highest BCUT2D eigenvalue weighted by atomic mass is 16.6. The maximum Gasteiger partial charge on any atom is 0.338 e. The zero-order valence-corrected chi connectivity index (χ0v) is 17.2. The predicted octanol–water partition coefficient (Wildman–Crippen LogP) is 3.09. The van der Waals surface area contributed by atoms with Crippen molar-refractivity contribution in [2.24, 2.45) is 5.73 Å². The number of nitro groups is 1. The lowest BCUT2D eigenvalue weighted by molar-refractivity contribution is -0.384. The highest BCUT2D eigenvalue weighted by Gasteiger charge is 2.38. The largest absolute Gasteiger partial charge is 0.504 e. The molecule has 10 heteroatoms. The SMILES string of the molecule is CCOC(=O)C1=C(c2cccc([N+](=O)[O-])c2)OC(N)=C(C#N)C1c1ccc(O)c(OC)c1. The first-order valence-corrected chi connectivity index (χ1v) is 9.42. The summed E-state index contributed by atoms with van der Waals surface area (Å²) in [5.41, 5.74) is 6.27. The Morgan fingerprint density at radius 3 is 2.72 bits per heavy atom. The molecule has 1 atom stereocenters. The average Bonchev–Trinajstić information content (AvgIpc) is 2.78. The number of phenolic OH excluding ortho intramolecular Hbond substituents is 1. The third kappa shape index (κ3) is 4.04. The molecule has 0 aliphatic carbocycles. The van der Waals surface area contributed by atoms with Crippen molar-refractivity contribution in [2.75, 3.05) is 13.7 Å². The van der Waals surface area contributed by atoms with Crippen LogP contribution in [0.2, 0.25) is 0 Å². The lowest BCUT2D eigenvalue weighted by Gasteiger charge is -2.28. The van der Waals surface area contributed by atoms with Gasteiger partial charge in [0.25, 0.3) is 5.69 Å². The average molecular weight is 437 g/mol.